The molecule has 26 heavy (non-hydrogen) atoms. The Morgan fingerprint density at radius 1 is 1.15 bits per heavy atom. The van der Waals surface area contributed by atoms with Crippen molar-refractivity contribution in [2.75, 3.05) is 6.54 Å². The average molecular weight is 384 g/mol. The van der Waals surface area contributed by atoms with Gasteiger partial charge < -0.3 is 4.90 Å². The van der Waals surface area contributed by atoms with E-state index in [0.717, 1.165) is 4.90 Å². The number of hydrogen-bond acceptors (Lipinski definition) is 6. The van der Waals surface area contributed by atoms with Crippen molar-refractivity contribution < 1.29 is 31.6 Å². The molecule has 11 nitrogen and oxygen atoms in total. The van der Waals surface area contributed by atoms with E-state index in [-0.39, 0.29) is 13.0 Å². The summed E-state index contributed by atoms with van der Waals surface area (Å²) in [6.45, 7) is 0.0685. The van der Waals surface area contributed by atoms with Crippen LogP contribution in [0.4, 0.5) is 4.79 Å². The van der Waals surface area contributed by atoms with Crippen LogP contribution in [0, 0.1) is 0 Å². The normalized spacial score (nSPS) is 22.3. The van der Waals surface area contributed by atoms with Crippen LogP contribution in [0.2, 0.25) is 0 Å². The van der Waals surface area contributed by atoms with Crippen molar-refractivity contribution in [3.05, 3.63) is 35.9 Å². The molecule has 0 aliphatic carbocycles. The summed E-state index contributed by atoms with van der Waals surface area (Å²) in [6.07, 6.45) is 0.539. The fourth-order valence-electron chi connectivity index (χ4n) is 2.97. The molecular formula is C14H16N4O7S. The Kier molecular flexibility index (Phi) is 4.80. The molecule has 2 bridgehead atoms. The Morgan fingerprint density at radius 3 is 2.50 bits per heavy atom. The topological polar surface area (TPSA) is 145 Å². The summed E-state index contributed by atoms with van der Waals surface area (Å²) < 4.78 is 34.7. The average Bonchev–Trinajstić information content (AvgIpc) is 2.84. The van der Waals surface area contributed by atoms with Gasteiger partial charge in [-0.15, -0.1) is 4.28 Å². The van der Waals surface area contributed by atoms with Crippen LogP contribution in [-0.4, -0.2) is 59.4 Å². The van der Waals surface area contributed by atoms with Gasteiger partial charge in [0.1, 0.15) is 6.04 Å². The Balaban J connectivity index is 1.61. The second-order valence-corrected chi connectivity index (χ2v) is 6.82. The van der Waals surface area contributed by atoms with Crippen LogP contribution in [0.1, 0.15) is 23.2 Å². The first-order chi connectivity index (χ1) is 12.3. The molecule has 12 heteroatoms. The third kappa shape index (κ3) is 3.76. The highest BCUT2D eigenvalue weighted by molar-refractivity contribution is 7.80. The van der Waals surface area contributed by atoms with Crippen LogP contribution in [0.15, 0.2) is 30.3 Å². The van der Waals surface area contributed by atoms with Crippen LogP contribution in [0.25, 0.3) is 0 Å². The molecule has 0 unspecified atom stereocenters. The molecule has 0 spiro atoms. The molecular weight excluding hydrogens is 368 g/mol. The van der Waals surface area contributed by atoms with E-state index in [1.165, 1.54) is 0 Å². The highest BCUT2D eigenvalue weighted by Crippen LogP contribution is 2.30. The lowest BCUT2D eigenvalue weighted by Crippen LogP contribution is -2.54. The number of carbonyl (C=O) groups excluding carboxylic acids is 3. The number of hydroxylamine groups is 2. The van der Waals surface area contributed by atoms with Crippen molar-refractivity contribution in [3.63, 3.8) is 0 Å². The third-order valence-corrected chi connectivity index (χ3v) is 4.48. The smallest absolute Gasteiger partial charge is 0.309 e. The van der Waals surface area contributed by atoms with Gasteiger partial charge in [-0.25, -0.2) is 4.79 Å². The van der Waals surface area contributed by atoms with Crippen molar-refractivity contribution in [3.8, 4) is 0 Å². The molecule has 3 rings (SSSR count). The van der Waals surface area contributed by atoms with E-state index in [1.54, 1.807) is 30.3 Å². The molecule has 2 fully saturated rings. The lowest BCUT2D eigenvalue weighted by molar-refractivity contribution is -0.126. The number of urea groups is 1. The van der Waals surface area contributed by atoms with E-state index < -0.39 is 40.3 Å². The molecule has 0 radical (unpaired) electrons. The zero-order valence-electron chi connectivity index (χ0n) is 13.4. The van der Waals surface area contributed by atoms with Gasteiger partial charge in [-0.05, 0) is 25.0 Å². The molecule has 1 aromatic rings. The summed E-state index contributed by atoms with van der Waals surface area (Å²) in [6, 6.07) is 5.89. The number of carbonyl (C=O) groups is 3. The Labute approximate surface area is 148 Å². The molecule has 0 saturated carbocycles. The molecule has 2 aliphatic rings. The first-order valence-electron chi connectivity index (χ1n) is 7.68. The number of fused-ring (bicyclic) bond motifs is 2. The van der Waals surface area contributed by atoms with Crippen LogP contribution in [0.3, 0.4) is 0 Å². The predicted molar refractivity (Wildman–Crippen MR) is 85.4 cm³/mol. The van der Waals surface area contributed by atoms with Gasteiger partial charge >= 0.3 is 16.4 Å². The molecule has 2 heterocycles. The minimum atomic E-state index is -4.85. The highest BCUT2D eigenvalue weighted by Gasteiger charge is 2.49. The maximum absolute atomic E-state index is 12.3. The summed E-state index contributed by atoms with van der Waals surface area (Å²) in [7, 11) is -4.85. The van der Waals surface area contributed by atoms with Crippen molar-refractivity contribution in [1.29, 1.82) is 0 Å². The van der Waals surface area contributed by atoms with Crippen molar-refractivity contribution >= 4 is 28.2 Å². The SMILES string of the molecule is O=C(NNC(=O)[C@@H]1CC[C@@H]2CN1C(=O)N2OS(=O)(=O)O)c1ccccc1. The Morgan fingerprint density at radius 2 is 1.85 bits per heavy atom. The summed E-state index contributed by atoms with van der Waals surface area (Å²) in [4.78, 5) is 37.6. The van der Waals surface area contributed by atoms with E-state index in [1.807, 2.05) is 0 Å². The summed E-state index contributed by atoms with van der Waals surface area (Å²) in [5.41, 5.74) is 4.87. The lowest BCUT2D eigenvalue weighted by atomic mass is 10.0. The van der Waals surface area contributed by atoms with Crippen LogP contribution in [-0.2, 0) is 19.5 Å². The molecule has 0 aromatic heterocycles. The summed E-state index contributed by atoms with van der Waals surface area (Å²) in [5.74, 6) is -1.13. The second kappa shape index (κ2) is 6.90. The summed E-state index contributed by atoms with van der Waals surface area (Å²) >= 11 is 0. The zero-order chi connectivity index (χ0) is 18.9. The Bertz CT molecular complexity index is 829. The molecule has 2 aliphatic heterocycles. The van der Waals surface area contributed by atoms with E-state index in [4.69, 9.17) is 4.55 Å². The van der Waals surface area contributed by atoms with E-state index in [2.05, 4.69) is 15.1 Å². The molecule has 2 atom stereocenters. The number of hydrogen-bond donors (Lipinski definition) is 3. The van der Waals surface area contributed by atoms with Crippen LogP contribution >= 0.6 is 0 Å². The van der Waals surface area contributed by atoms with Gasteiger partial charge in [-0.2, -0.15) is 13.5 Å². The first-order valence-corrected chi connectivity index (χ1v) is 9.05. The summed E-state index contributed by atoms with van der Waals surface area (Å²) in [5, 5.41) is 0.547. The lowest BCUT2D eigenvalue weighted by Gasteiger charge is -2.29. The van der Waals surface area contributed by atoms with Gasteiger partial charge in [-0.3, -0.25) is 25.0 Å². The number of nitrogens with one attached hydrogen (secondary N) is 2. The van der Waals surface area contributed by atoms with Crippen molar-refractivity contribution in [1.82, 2.24) is 20.8 Å². The minimum Gasteiger partial charge on any atom is -0.309 e. The van der Waals surface area contributed by atoms with Gasteiger partial charge in [0.25, 0.3) is 11.8 Å². The first kappa shape index (κ1) is 18.1. The Hall–Kier alpha value is -2.70. The number of amides is 4. The van der Waals surface area contributed by atoms with E-state index in [0.29, 0.717) is 17.0 Å². The maximum Gasteiger partial charge on any atom is 0.418 e. The van der Waals surface area contributed by atoms with E-state index >= 15 is 0 Å². The number of benzene rings is 1. The minimum absolute atomic E-state index is 0.0685. The standard InChI is InChI=1S/C14H16N4O7S/c19-12(9-4-2-1-3-5-9)15-16-13(20)11-7-6-10-8-17(11)14(21)18(10)25-26(22,23)24/h1-5,10-11H,6-8H2,(H,15,19)(H,16,20)(H,22,23,24)/t10-,11+/m1/s1. The predicted octanol–water partition coefficient (Wildman–Crippen LogP) is -0.549. The fourth-order valence-corrected chi connectivity index (χ4v) is 3.36. The number of piperidine rings is 1. The fraction of sp³-hybridized carbons (Fsp3) is 0.357. The second-order valence-electron chi connectivity index (χ2n) is 5.82. The largest absolute Gasteiger partial charge is 0.418 e. The number of rotatable bonds is 4. The highest BCUT2D eigenvalue weighted by atomic mass is 32.3. The molecule has 1 aromatic carbocycles. The van der Waals surface area contributed by atoms with Gasteiger partial charge in [-0.1, -0.05) is 18.2 Å². The van der Waals surface area contributed by atoms with Crippen molar-refractivity contribution in [2.24, 2.45) is 0 Å². The zero-order valence-corrected chi connectivity index (χ0v) is 14.2. The van der Waals surface area contributed by atoms with Gasteiger partial charge in [0.15, 0.2) is 0 Å². The molecule has 4 amide bonds. The third-order valence-electron chi connectivity index (χ3n) is 4.14. The quantitative estimate of drug-likeness (QED) is 0.466. The van der Waals surface area contributed by atoms with Crippen LogP contribution < -0.4 is 10.9 Å². The van der Waals surface area contributed by atoms with Gasteiger partial charge in [0.05, 0.1) is 6.04 Å². The van der Waals surface area contributed by atoms with Gasteiger partial charge in [0, 0.05) is 12.1 Å². The maximum atomic E-state index is 12.3. The van der Waals surface area contributed by atoms with Crippen molar-refractivity contribution in [2.45, 2.75) is 24.9 Å². The van der Waals surface area contributed by atoms with E-state index in [9.17, 15) is 22.8 Å². The van der Waals surface area contributed by atoms with Gasteiger partial charge in [0.2, 0.25) is 0 Å². The molecule has 2 saturated heterocycles. The number of hydrazine groups is 1. The number of nitrogens with zero attached hydrogens (tertiary/aromatic N) is 2. The molecule has 140 valence electrons. The monoisotopic (exact) mass is 384 g/mol. The van der Waals surface area contributed by atoms with Crippen LogP contribution in [0.5, 0.6) is 0 Å². The molecule has 3 N–H and O–H groups in total.